The predicted molar refractivity (Wildman–Crippen MR) is 70.1 cm³/mol. The number of benzene rings is 1. The molecule has 0 amide bonds. The highest BCUT2D eigenvalue weighted by atomic mass is 79.9. The van der Waals surface area contributed by atoms with E-state index in [9.17, 15) is 14.5 Å². The van der Waals surface area contributed by atoms with Crippen molar-refractivity contribution >= 4 is 33.2 Å². The van der Waals surface area contributed by atoms with E-state index < -0.39 is 10.7 Å². The van der Waals surface area contributed by atoms with Crippen LogP contribution in [0.4, 0.5) is 10.1 Å². The summed E-state index contributed by atoms with van der Waals surface area (Å²) in [6.45, 7) is 0. The monoisotopic (exact) mass is 346 g/mol. The lowest BCUT2D eigenvalue weighted by molar-refractivity contribution is -0.386. The van der Waals surface area contributed by atoms with Crippen molar-refractivity contribution in [1.82, 2.24) is 4.98 Å². The molecule has 2 rings (SSSR count). The fraction of sp³-hybridized carbons (Fsp3) is 0. The van der Waals surface area contributed by atoms with Gasteiger partial charge < -0.3 is 4.74 Å². The van der Waals surface area contributed by atoms with E-state index in [1.54, 1.807) is 0 Å². The molecule has 0 N–H and O–H groups in total. The molecule has 0 radical (unpaired) electrons. The third kappa shape index (κ3) is 2.99. The van der Waals surface area contributed by atoms with Gasteiger partial charge in [0.15, 0.2) is 11.6 Å². The van der Waals surface area contributed by atoms with Crippen LogP contribution in [0.15, 0.2) is 34.9 Å². The zero-order valence-electron chi connectivity index (χ0n) is 9.14. The molecule has 1 heterocycles. The lowest BCUT2D eigenvalue weighted by atomic mass is 10.3. The van der Waals surface area contributed by atoms with Gasteiger partial charge in [0.25, 0.3) is 5.88 Å². The first-order valence-corrected chi connectivity index (χ1v) is 6.08. The van der Waals surface area contributed by atoms with Crippen LogP contribution in [-0.2, 0) is 0 Å². The van der Waals surface area contributed by atoms with E-state index in [-0.39, 0.29) is 22.3 Å². The maximum absolute atomic E-state index is 13.6. The van der Waals surface area contributed by atoms with Crippen LogP contribution in [0.2, 0.25) is 5.02 Å². The third-order valence-corrected chi connectivity index (χ3v) is 2.84. The van der Waals surface area contributed by atoms with Crippen LogP contribution in [-0.4, -0.2) is 9.91 Å². The normalized spacial score (nSPS) is 10.3. The summed E-state index contributed by atoms with van der Waals surface area (Å²) in [4.78, 5) is 13.9. The summed E-state index contributed by atoms with van der Waals surface area (Å²) in [6.07, 6.45) is 1.31. The van der Waals surface area contributed by atoms with Crippen molar-refractivity contribution in [2.24, 2.45) is 0 Å². The van der Waals surface area contributed by atoms with Crippen molar-refractivity contribution < 1.29 is 14.1 Å². The van der Waals surface area contributed by atoms with Crippen molar-refractivity contribution in [3.05, 3.63) is 55.9 Å². The molecule has 0 unspecified atom stereocenters. The zero-order valence-corrected chi connectivity index (χ0v) is 11.5. The van der Waals surface area contributed by atoms with Gasteiger partial charge in [-0.2, -0.15) is 0 Å². The minimum atomic E-state index is -0.803. The fourth-order valence-corrected chi connectivity index (χ4v) is 1.78. The smallest absolute Gasteiger partial charge is 0.332 e. The lowest BCUT2D eigenvalue weighted by Crippen LogP contribution is -1.97. The second-order valence-electron chi connectivity index (χ2n) is 3.39. The Labute approximate surface area is 120 Å². The molecule has 5 nitrogen and oxygen atoms in total. The minimum Gasteiger partial charge on any atom is -0.430 e. The van der Waals surface area contributed by atoms with E-state index in [0.717, 1.165) is 0 Å². The molecule has 2 aromatic rings. The first-order chi connectivity index (χ1) is 8.99. The summed E-state index contributed by atoms with van der Waals surface area (Å²) < 4.78 is 19.2. The summed E-state index contributed by atoms with van der Waals surface area (Å²) in [5.74, 6) is -1.34. The lowest BCUT2D eigenvalue weighted by Gasteiger charge is -2.06. The Morgan fingerprint density at radius 2 is 2.21 bits per heavy atom. The highest BCUT2D eigenvalue weighted by Gasteiger charge is 2.20. The van der Waals surface area contributed by atoms with E-state index >= 15 is 0 Å². The molecule has 8 heteroatoms. The summed E-state index contributed by atoms with van der Waals surface area (Å²) in [5, 5.41) is 10.7. The molecule has 98 valence electrons. The number of nitrogens with zero attached hydrogens (tertiary/aromatic N) is 2. The zero-order chi connectivity index (χ0) is 14.0. The van der Waals surface area contributed by atoms with Gasteiger partial charge in [0.05, 0.1) is 9.95 Å². The molecule has 0 fully saturated rings. The summed E-state index contributed by atoms with van der Waals surface area (Å²) in [5.41, 5.74) is -0.381. The average Bonchev–Trinajstić information content (AvgIpc) is 2.36. The van der Waals surface area contributed by atoms with E-state index in [2.05, 4.69) is 20.9 Å². The Kier molecular flexibility index (Phi) is 3.96. The van der Waals surface area contributed by atoms with Gasteiger partial charge in [0.2, 0.25) is 0 Å². The van der Waals surface area contributed by atoms with Crippen LogP contribution in [0.25, 0.3) is 0 Å². The van der Waals surface area contributed by atoms with Gasteiger partial charge in [-0.1, -0.05) is 17.7 Å². The Balaban J connectivity index is 2.44. The van der Waals surface area contributed by atoms with Crippen molar-refractivity contribution in [2.45, 2.75) is 0 Å². The van der Waals surface area contributed by atoms with Crippen LogP contribution >= 0.6 is 27.5 Å². The Morgan fingerprint density at radius 3 is 2.89 bits per heavy atom. The SMILES string of the molecule is O=[N+]([O-])c1cc(Br)cnc1Oc1cccc(Cl)c1F. The van der Waals surface area contributed by atoms with Gasteiger partial charge in [-0.3, -0.25) is 10.1 Å². The molecule has 1 aromatic carbocycles. The van der Waals surface area contributed by atoms with Gasteiger partial charge in [-0.05, 0) is 28.1 Å². The van der Waals surface area contributed by atoms with E-state index in [1.807, 2.05) is 0 Å². The first kappa shape index (κ1) is 13.7. The van der Waals surface area contributed by atoms with E-state index in [4.69, 9.17) is 16.3 Å². The number of hydrogen-bond acceptors (Lipinski definition) is 4. The van der Waals surface area contributed by atoms with Gasteiger partial charge in [0, 0.05) is 16.7 Å². The van der Waals surface area contributed by atoms with Crippen LogP contribution in [0.5, 0.6) is 11.6 Å². The number of rotatable bonds is 3. The second-order valence-corrected chi connectivity index (χ2v) is 4.71. The van der Waals surface area contributed by atoms with Crippen molar-refractivity contribution in [3.63, 3.8) is 0 Å². The Morgan fingerprint density at radius 1 is 1.47 bits per heavy atom. The number of nitro groups is 1. The molecular weight excluding hydrogens is 342 g/mol. The molecular formula is C11H5BrClFN2O3. The Hall–Kier alpha value is -1.73. The van der Waals surface area contributed by atoms with Crippen molar-refractivity contribution in [3.8, 4) is 11.6 Å². The molecule has 0 saturated heterocycles. The molecule has 0 aliphatic rings. The maximum Gasteiger partial charge on any atom is 0.332 e. The summed E-state index contributed by atoms with van der Waals surface area (Å²) >= 11 is 8.65. The Bertz CT molecular complexity index is 654. The standard InChI is InChI=1S/C11H5BrClFN2O3/c12-6-4-8(16(17)18)11(15-5-6)19-9-3-1-2-7(13)10(9)14/h1-5H. The molecule has 0 bridgehead atoms. The third-order valence-electron chi connectivity index (χ3n) is 2.12. The van der Waals surface area contributed by atoms with Gasteiger partial charge in [-0.25, -0.2) is 9.37 Å². The number of halogens is 3. The highest BCUT2D eigenvalue weighted by molar-refractivity contribution is 9.10. The molecule has 0 saturated carbocycles. The minimum absolute atomic E-state index is 0.141. The van der Waals surface area contributed by atoms with Crippen LogP contribution in [0.1, 0.15) is 0 Å². The largest absolute Gasteiger partial charge is 0.430 e. The first-order valence-electron chi connectivity index (χ1n) is 4.91. The molecule has 0 atom stereocenters. The summed E-state index contributed by atoms with van der Waals surface area (Å²) in [6, 6.07) is 5.32. The molecule has 0 aliphatic carbocycles. The van der Waals surface area contributed by atoms with Crippen LogP contribution in [0.3, 0.4) is 0 Å². The van der Waals surface area contributed by atoms with Gasteiger partial charge in [-0.15, -0.1) is 0 Å². The van der Waals surface area contributed by atoms with Crippen molar-refractivity contribution in [1.29, 1.82) is 0 Å². The number of pyridine rings is 1. The average molecular weight is 348 g/mol. The van der Waals surface area contributed by atoms with Crippen LogP contribution in [0, 0.1) is 15.9 Å². The number of hydrogen-bond donors (Lipinski definition) is 0. The highest BCUT2D eigenvalue weighted by Crippen LogP contribution is 2.33. The van der Waals surface area contributed by atoms with E-state index in [0.29, 0.717) is 4.47 Å². The fourth-order valence-electron chi connectivity index (χ4n) is 1.29. The molecule has 1 aromatic heterocycles. The predicted octanol–water partition coefficient (Wildman–Crippen LogP) is 4.34. The number of aromatic nitrogens is 1. The summed E-state index contributed by atoms with van der Waals surface area (Å²) in [7, 11) is 0. The molecule has 0 spiro atoms. The van der Waals surface area contributed by atoms with E-state index in [1.165, 1.54) is 30.5 Å². The second kappa shape index (κ2) is 5.50. The quantitative estimate of drug-likeness (QED) is 0.612. The van der Waals surface area contributed by atoms with Gasteiger partial charge in [0.1, 0.15) is 0 Å². The van der Waals surface area contributed by atoms with Crippen molar-refractivity contribution in [2.75, 3.05) is 0 Å². The van der Waals surface area contributed by atoms with Crippen LogP contribution < -0.4 is 4.74 Å². The number of ether oxygens (including phenoxy) is 1. The molecule has 0 aliphatic heterocycles. The maximum atomic E-state index is 13.6. The topological polar surface area (TPSA) is 65.3 Å². The molecule has 19 heavy (non-hydrogen) atoms. The van der Waals surface area contributed by atoms with Gasteiger partial charge >= 0.3 is 5.69 Å².